The van der Waals surface area contributed by atoms with Gasteiger partial charge in [-0.05, 0) is 18.2 Å². The van der Waals surface area contributed by atoms with Gasteiger partial charge in [-0.25, -0.2) is 0 Å². The van der Waals surface area contributed by atoms with E-state index in [9.17, 15) is 14.4 Å². The maximum Gasteiger partial charge on any atom is 0.212 e. The molecule has 4 heteroatoms. The SMILES string of the molecule is O=C1C=CC2=C(C1)C(=O)C1(C=CCO1)C2=O. The second-order valence-corrected chi connectivity index (χ2v) is 3.98. The predicted octanol–water partition coefficient (Wildman–Crippen LogP) is 0.289. The largest absolute Gasteiger partial charge is 0.351 e. The van der Waals surface area contributed by atoms with Crippen LogP contribution >= 0.6 is 0 Å². The van der Waals surface area contributed by atoms with E-state index in [1.165, 1.54) is 18.2 Å². The Labute approximate surface area is 91.3 Å². The van der Waals surface area contributed by atoms with Gasteiger partial charge in [-0.1, -0.05) is 6.08 Å². The van der Waals surface area contributed by atoms with Crippen LogP contribution in [0.1, 0.15) is 6.42 Å². The Kier molecular flexibility index (Phi) is 1.68. The van der Waals surface area contributed by atoms with Crippen molar-refractivity contribution in [2.75, 3.05) is 6.61 Å². The van der Waals surface area contributed by atoms with Crippen LogP contribution in [0.5, 0.6) is 0 Å². The predicted molar refractivity (Wildman–Crippen MR) is 53.6 cm³/mol. The Morgan fingerprint density at radius 1 is 1.12 bits per heavy atom. The Balaban J connectivity index is 2.13. The van der Waals surface area contributed by atoms with Crippen molar-refractivity contribution in [3.63, 3.8) is 0 Å². The average molecular weight is 216 g/mol. The molecular formula is C12H8O4. The smallest absolute Gasteiger partial charge is 0.212 e. The molecule has 0 aromatic heterocycles. The van der Waals surface area contributed by atoms with Crippen molar-refractivity contribution >= 4 is 17.3 Å². The lowest BCUT2D eigenvalue weighted by Crippen LogP contribution is -2.41. The lowest BCUT2D eigenvalue weighted by molar-refractivity contribution is -0.141. The van der Waals surface area contributed by atoms with Crippen molar-refractivity contribution in [3.8, 4) is 0 Å². The molecule has 3 rings (SSSR count). The highest BCUT2D eigenvalue weighted by molar-refractivity contribution is 6.34. The summed E-state index contributed by atoms with van der Waals surface area (Å²) in [4.78, 5) is 35.4. The van der Waals surface area contributed by atoms with Crippen molar-refractivity contribution < 1.29 is 19.1 Å². The summed E-state index contributed by atoms with van der Waals surface area (Å²) in [6.07, 6.45) is 5.91. The van der Waals surface area contributed by atoms with Gasteiger partial charge in [-0.15, -0.1) is 0 Å². The Morgan fingerprint density at radius 3 is 2.62 bits per heavy atom. The molecule has 80 valence electrons. The zero-order valence-electron chi connectivity index (χ0n) is 8.36. The summed E-state index contributed by atoms with van der Waals surface area (Å²) >= 11 is 0. The zero-order valence-corrected chi connectivity index (χ0v) is 8.36. The van der Waals surface area contributed by atoms with Crippen LogP contribution in [0.25, 0.3) is 0 Å². The van der Waals surface area contributed by atoms with E-state index in [0.717, 1.165) is 0 Å². The lowest BCUT2D eigenvalue weighted by Gasteiger charge is -2.17. The van der Waals surface area contributed by atoms with Gasteiger partial charge in [0.1, 0.15) is 0 Å². The Morgan fingerprint density at radius 2 is 1.94 bits per heavy atom. The van der Waals surface area contributed by atoms with Crippen LogP contribution in [0, 0.1) is 0 Å². The van der Waals surface area contributed by atoms with Crippen LogP contribution in [0.3, 0.4) is 0 Å². The standard InChI is InChI=1S/C12H8O4/c13-7-2-3-8-9(6-7)11(15)12(10(8)14)4-1-5-16-12/h1-4H,5-6H2. The molecule has 1 aliphatic heterocycles. The molecule has 1 atom stereocenters. The molecule has 1 heterocycles. The van der Waals surface area contributed by atoms with E-state index >= 15 is 0 Å². The lowest BCUT2D eigenvalue weighted by atomic mass is 9.96. The number of Topliss-reactive ketones (excluding diaryl/α,β-unsaturated/α-hetero) is 2. The highest BCUT2D eigenvalue weighted by atomic mass is 16.5. The number of allylic oxidation sites excluding steroid dienone is 2. The molecule has 0 bridgehead atoms. The summed E-state index contributed by atoms with van der Waals surface area (Å²) in [7, 11) is 0. The molecule has 0 aromatic carbocycles. The van der Waals surface area contributed by atoms with Crippen LogP contribution in [-0.2, 0) is 19.1 Å². The highest BCUT2D eigenvalue weighted by Crippen LogP contribution is 2.38. The molecule has 0 radical (unpaired) electrons. The second-order valence-electron chi connectivity index (χ2n) is 3.98. The number of ketones is 3. The zero-order chi connectivity index (χ0) is 11.3. The number of ether oxygens (including phenoxy) is 1. The summed E-state index contributed by atoms with van der Waals surface area (Å²) in [5, 5.41) is 0. The van der Waals surface area contributed by atoms with Crippen LogP contribution in [-0.4, -0.2) is 29.6 Å². The van der Waals surface area contributed by atoms with Gasteiger partial charge in [0.05, 0.1) is 6.61 Å². The number of hydrogen-bond acceptors (Lipinski definition) is 4. The fraction of sp³-hybridized carbons (Fsp3) is 0.250. The third kappa shape index (κ3) is 0.945. The van der Waals surface area contributed by atoms with Crippen molar-refractivity contribution in [3.05, 3.63) is 35.5 Å². The number of hydrogen-bond donors (Lipinski definition) is 0. The molecule has 0 amide bonds. The topological polar surface area (TPSA) is 60.4 Å². The summed E-state index contributed by atoms with van der Waals surface area (Å²) < 4.78 is 5.26. The molecule has 4 nitrogen and oxygen atoms in total. The first kappa shape index (κ1) is 9.42. The maximum absolute atomic E-state index is 12.1. The van der Waals surface area contributed by atoms with Gasteiger partial charge in [0, 0.05) is 17.6 Å². The minimum absolute atomic E-state index is 0.00928. The molecule has 3 aliphatic rings. The van der Waals surface area contributed by atoms with E-state index in [1.807, 2.05) is 0 Å². The molecular weight excluding hydrogens is 208 g/mol. The first-order valence-corrected chi connectivity index (χ1v) is 5.00. The molecule has 0 saturated heterocycles. The Hall–Kier alpha value is -1.81. The summed E-state index contributed by atoms with van der Waals surface area (Å²) in [5.74, 6) is -0.872. The fourth-order valence-electron chi connectivity index (χ4n) is 2.27. The molecule has 0 fully saturated rings. The van der Waals surface area contributed by atoms with Crippen molar-refractivity contribution in [1.82, 2.24) is 0 Å². The third-order valence-corrected chi connectivity index (χ3v) is 3.07. The van der Waals surface area contributed by atoms with E-state index in [-0.39, 0.29) is 30.4 Å². The van der Waals surface area contributed by atoms with Crippen LogP contribution in [0.2, 0.25) is 0 Å². The Bertz CT molecular complexity index is 521. The van der Waals surface area contributed by atoms with Crippen LogP contribution in [0.4, 0.5) is 0 Å². The van der Waals surface area contributed by atoms with Gasteiger partial charge in [-0.2, -0.15) is 0 Å². The molecule has 16 heavy (non-hydrogen) atoms. The molecule has 1 spiro atoms. The first-order chi connectivity index (χ1) is 7.65. The van der Waals surface area contributed by atoms with Gasteiger partial charge in [0.15, 0.2) is 5.78 Å². The normalized spacial score (nSPS) is 32.1. The highest BCUT2D eigenvalue weighted by Gasteiger charge is 2.55. The van der Waals surface area contributed by atoms with Crippen LogP contribution in [0.15, 0.2) is 35.5 Å². The summed E-state index contributed by atoms with van der Waals surface area (Å²) in [6, 6.07) is 0. The fourth-order valence-corrected chi connectivity index (χ4v) is 2.27. The molecule has 0 saturated carbocycles. The van der Waals surface area contributed by atoms with E-state index in [0.29, 0.717) is 11.1 Å². The third-order valence-electron chi connectivity index (χ3n) is 3.07. The summed E-state index contributed by atoms with van der Waals surface area (Å²) in [5.41, 5.74) is -0.834. The maximum atomic E-state index is 12.1. The monoisotopic (exact) mass is 216 g/mol. The van der Waals surface area contributed by atoms with E-state index in [2.05, 4.69) is 0 Å². The minimum Gasteiger partial charge on any atom is -0.351 e. The van der Waals surface area contributed by atoms with Gasteiger partial charge in [0.2, 0.25) is 17.2 Å². The van der Waals surface area contributed by atoms with E-state index in [4.69, 9.17) is 4.74 Å². The molecule has 0 aromatic rings. The van der Waals surface area contributed by atoms with Crippen molar-refractivity contribution in [1.29, 1.82) is 0 Å². The molecule has 0 N–H and O–H groups in total. The average Bonchev–Trinajstić information content (AvgIpc) is 2.83. The summed E-state index contributed by atoms with van der Waals surface area (Å²) in [6.45, 7) is 0.260. The molecule has 1 unspecified atom stereocenters. The van der Waals surface area contributed by atoms with Crippen molar-refractivity contribution in [2.45, 2.75) is 12.0 Å². The first-order valence-electron chi connectivity index (χ1n) is 5.00. The number of carbonyl (C=O) groups excluding carboxylic acids is 3. The molecule has 2 aliphatic carbocycles. The van der Waals surface area contributed by atoms with Crippen LogP contribution < -0.4 is 0 Å². The van der Waals surface area contributed by atoms with E-state index in [1.54, 1.807) is 6.08 Å². The second kappa shape index (κ2) is 2.86. The minimum atomic E-state index is -1.46. The van der Waals surface area contributed by atoms with Gasteiger partial charge < -0.3 is 4.74 Å². The van der Waals surface area contributed by atoms with E-state index < -0.39 is 5.60 Å². The number of carbonyl (C=O) groups is 3. The van der Waals surface area contributed by atoms with Crippen molar-refractivity contribution in [2.24, 2.45) is 0 Å². The van der Waals surface area contributed by atoms with Gasteiger partial charge in [-0.3, -0.25) is 14.4 Å². The van der Waals surface area contributed by atoms with Gasteiger partial charge in [0.25, 0.3) is 0 Å². The number of rotatable bonds is 0. The van der Waals surface area contributed by atoms with Gasteiger partial charge >= 0.3 is 0 Å². The quantitative estimate of drug-likeness (QED) is 0.431.